The molecule has 0 spiro atoms. The molecule has 0 aliphatic rings. The van der Waals surface area contributed by atoms with Crippen molar-refractivity contribution in [3.63, 3.8) is 0 Å². The van der Waals surface area contributed by atoms with Crippen LogP contribution in [0.3, 0.4) is 0 Å². The van der Waals surface area contributed by atoms with E-state index in [1.165, 1.54) is 6.33 Å². The molecule has 0 aliphatic heterocycles. The molecule has 5 nitrogen and oxygen atoms in total. The zero-order valence-corrected chi connectivity index (χ0v) is 10.3. The van der Waals surface area contributed by atoms with E-state index in [1.54, 1.807) is 0 Å². The Hall–Kier alpha value is -1.88. The predicted octanol–water partition coefficient (Wildman–Crippen LogP) is 1.79. The quantitative estimate of drug-likeness (QED) is 0.534. The normalized spacial score (nSPS) is 10.7. The number of nitrogens with zero attached hydrogens (tertiary/aromatic N) is 2. The maximum atomic E-state index is 8.70. The Labute approximate surface area is 106 Å². The first-order chi connectivity index (χ1) is 8.81. The highest BCUT2D eigenvalue weighted by Gasteiger charge is 2.02. The summed E-state index contributed by atoms with van der Waals surface area (Å²) in [6, 6.07) is 5.62. The summed E-state index contributed by atoms with van der Waals surface area (Å²) < 4.78 is 0. The predicted molar refractivity (Wildman–Crippen MR) is 73.4 cm³/mol. The molecule has 0 radical (unpaired) electrons. The fourth-order valence-electron chi connectivity index (χ4n) is 1.84. The third-order valence-electron chi connectivity index (χ3n) is 2.79. The minimum atomic E-state index is 0.260. The summed E-state index contributed by atoms with van der Waals surface area (Å²) in [7, 11) is 0. The van der Waals surface area contributed by atoms with Gasteiger partial charge in [-0.15, -0.1) is 0 Å². The van der Waals surface area contributed by atoms with Crippen LogP contribution in [0.5, 0.6) is 0 Å². The molecule has 0 saturated carbocycles. The molecular formula is C13H18N4O. The number of benzene rings is 1. The Balaban J connectivity index is 2.04. The summed E-state index contributed by atoms with van der Waals surface area (Å²) in [5, 5.41) is 13.0. The summed E-state index contributed by atoms with van der Waals surface area (Å²) >= 11 is 0. The summed E-state index contributed by atoms with van der Waals surface area (Å²) in [6.45, 7) is 1.10. The number of nitrogen functional groups attached to an aromatic ring is 1. The molecule has 1 aromatic carbocycles. The van der Waals surface area contributed by atoms with Gasteiger partial charge in [-0.1, -0.05) is 0 Å². The molecule has 0 unspecified atom stereocenters. The van der Waals surface area contributed by atoms with Gasteiger partial charge in [-0.3, -0.25) is 0 Å². The molecule has 0 bridgehead atoms. The zero-order chi connectivity index (χ0) is 12.8. The van der Waals surface area contributed by atoms with Gasteiger partial charge in [0.25, 0.3) is 0 Å². The van der Waals surface area contributed by atoms with Crippen molar-refractivity contribution < 1.29 is 5.11 Å². The van der Waals surface area contributed by atoms with E-state index in [0.29, 0.717) is 5.69 Å². The molecule has 5 heteroatoms. The molecule has 96 valence electrons. The monoisotopic (exact) mass is 246 g/mol. The fourth-order valence-corrected chi connectivity index (χ4v) is 1.84. The SMILES string of the molecule is Nc1ccc2c(NCCCCCO)ncnc2c1. The van der Waals surface area contributed by atoms with E-state index < -0.39 is 0 Å². The fraction of sp³-hybridized carbons (Fsp3) is 0.385. The van der Waals surface area contributed by atoms with Crippen LogP contribution in [-0.4, -0.2) is 28.2 Å². The summed E-state index contributed by atoms with van der Waals surface area (Å²) in [4.78, 5) is 8.44. The lowest BCUT2D eigenvalue weighted by molar-refractivity contribution is 0.283. The molecule has 2 rings (SSSR count). The summed E-state index contributed by atoms with van der Waals surface area (Å²) in [5.74, 6) is 0.837. The number of aromatic nitrogens is 2. The van der Waals surface area contributed by atoms with Crippen LogP contribution >= 0.6 is 0 Å². The summed E-state index contributed by atoms with van der Waals surface area (Å²) in [6.07, 6.45) is 4.42. The molecule has 0 aliphatic carbocycles. The Morgan fingerprint density at radius 3 is 2.89 bits per heavy atom. The molecule has 1 aromatic heterocycles. The molecular weight excluding hydrogens is 228 g/mol. The topological polar surface area (TPSA) is 84.1 Å². The van der Waals surface area contributed by atoms with Crippen LogP contribution in [0, 0.1) is 0 Å². The van der Waals surface area contributed by atoms with Gasteiger partial charge in [-0.2, -0.15) is 0 Å². The van der Waals surface area contributed by atoms with Gasteiger partial charge in [0, 0.05) is 24.2 Å². The molecule has 0 atom stereocenters. The van der Waals surface area contributed by atoms with Crippen LogP contribution in [-0.2, 0) is 0 Å². The number of aliphatic hydroxyl groups is 1. The number of unbranched alkanes of at least 4 members (excludes halogenated alkanes) is 2. The Kier molecular flexibility index (Phi) is 4.30. The van der Waals surface area contributed by atoms with E-state index in [1.807, 2.05) is 18.2 Å². The number of aliphatic hydroxyl groups excluding tert-OH is 1. The maximum absolute atomic E-state index is 8.70. The van der Waals surface area contributed by atoms with Crippen molar-refractivity contribution in [3.05, 3.63) is 24.5 Å². The van der Waals surface area contributed by atoms with E-state index in [-0.39, 0.29) is 6.61 Å². The van der Waals surface area contributed by atoms with E-state index in [9.17, 15) is 0 Å². The first kappa shape index (κ1) is 12.6. The van der Waals surface area contributed by atoms with Gasteiger partial charge in [0.2, 0.25) is 0 Å². The van der Waals surface area contributed by atoms with Crippen LogP contribution < -0.4 is 11.1 Å². The highest BCUT2D eigenvalue weighted by Crippen LogP contribution is 2.21. The van der Waals surface area contributed by atoms with E-state index >= 15 is 0 Å². The van der Waals surface area contributed by atoms with Crippen LogP contribution in [0.25, 0.3) is 10.9 Å². The molecule has 0 fully saturated rings. The standard InChI is InChI=1S/C13H18N4O/c14-10-4-5-11-12(8-10)16-9-17-13(11)15-6-2-1-3-7-18/h4-5,8-9,18H,1-3,6-7,14H2,(H,15,16,17). The van der Waals surface area contributed by atoms with Gasteiger partial charge in [-0.25, -0.2) is 9.97 Å². The van der Waals surface area contributed by atoms with Gasteiger partial charge < -0.3 is 16.2 Å². The van der Waals surface area contributed by atoms with Gasteiger partial charge in [0.15, 0.2) is 0 Å². The Morgan fingerprint density at radius 2 is 2.06 bits per heavy atom. The van der Waals surface area contributed by atoms with Gasteiger partial charge in [-0.05, 0) is 37.5 Å². The van der Waals surface area contributed by atoms with Gasteiger partial charge in [0.05, 0.1) is 5.52 Å². The Bertz CT molecular complexity index is 515. The Morgan fingerprint density at radius 1 is 1.17 bits per heavy atom. The number of hydrogen-bond acceptors (Lipinski definition) is 5. The first-order valence-electron chi connectivity index (χ1n) is 6.16. The molecule has 4 N–H and O–H groups in total. The van der Waals surface area contributed by atoms with Crippen LogP contribution in [0.4, 0.5) is 11.5 Å². The number of anilines is 2. The highest BCUT2D eigenvalue weighted by molar-refractivity contribution is 5.90. The van der Waals surface area contributed by atoms with Crippen molar-refractivity contribution in [1.82, 2.24) is 9.97 Å². The smallest absolute Gasteiger partial charge is 0.137 e. The van der Waals surface area contributed by atoms with Crippen molar-refractivity contribution in [1.29, 1.82) is 0 Å². The largest absolute Gasteiger partial charge is 0.399 e. The van der Waals surface area contributed by atoms with Crippen LogP contribution in [0.15, 0.2) is 24.5 Å². The number of hydrogen-bond donors (Lipinski definition) is 3. The van der Waals surface area contributed by atoms with Crippen molar-refractivity contribution in [2.45, 2.75) is 19.3 Å². The lowest BCUT2D eigenvalue weighted by Crippen LogP contribution is -2.04. The first-order valence-corrected chi connectivity index (χ1v) is 6.16. The number of fused-ring (bicyclic) bond motifs is 1. The van der Waals surface area contributed by atoms with E-state index in [4.69, 9.17) is 10.8 Å². The lowest BCUT2D eigenvalue weighted by Gasteiger charge is -2.08. The van der Waals surface area contributed by atoms with Gasteiger partial charge in [0.1, 0.15) is 12.1 Å². The molecule has 18 heavy (non-hydrogen) atoms. The number of rotatable bonds is 6. The minimum absolute atomic E-state index is 0.260. The molecule has 1 heterocycles. The number of nitrogens with two attached hydrogens (primary N) is 1. The average molecular weight is 246 g/mol. The van der Waals surface area contributed by atoms with Crippen molar-refractivity contribution in [3.8, 4) is 0 Å². The lowest BCUT2D eigenvalue weighted by atomic mass is 10.2. The molecule has 0 amide bonds. The molecule has 2 aromatic rings. The number of nitrogens with one attached hydrogen (secondary N) is 1. The second-order valence-corrected chi connectivity index (χ2v) is 4.21. The second kappa shape index (κ2) is 6.16. The third kappa shape index (κ3) is 3.07. The van der Waals surface area contributed by atoms with Gasteiger partial charge >= 0.3 is 0 Å². The van der Waals surface area contributed by atoms with E-state index in [2.05, 4.69) is 15.3 Å². The maximum Gasteiger partial charge on any atom is 0.137 e. The van der Waals surface area contributed by atoms with Crippen molar-refractivity contribution >= 4 is 22.4 Å². The van der Waals surface area contributed by atoms with E-state index in [0.717, 1.165) is 42.5 Å². The van der Waals surface area contributed by atoms with Crippen molar-refractivity contribution in [2.24, 2.45) is 0 Å². The van der Waals surface area contributed by atoms with Crippen LogP contribution in [0.1, 0.15) is 19.3 Å². The zero-order valence-electron chi connectivity index (χ0n) is 10.3. The second-order valence-electron chi connectivity index (χ2n) is 4.21. The van der Waals surface area contributed by atoms with Crippen LogP contribution in [0.2, 0.25) is 0 Å². The molecule has 0 saturated heterocycles. The van der Waals surface area contributed by atoms with Crippen molar-refractivity contribution in [2.75, 3.05) is 24.2 Å². The highest BCUT2D eigenvalue weighted by atomic mass is 16.2. The minimum Gasteiger partial charge on any atom is -0.399 e. The summed E-state index contributed by atoms with van der Waals surface area (Å²) in [5.41, 5.74) is 7.28. The average Bonchev–Trinajstić information content (AvgIpc) is 2.38. The third-order valence-corrected chi connectivity index (χ3v) is 2.79.